The van der Waals surface area contributed by atoms with Crippen LogP contribution in [0.5, 0.6) is 11.5 Å². The number of nitrogens with zero attached hydrogens (tertiary/aromatic N) is 2. The highest BCUT2D eigenvalue weighted by atomic mass is 32.2. The van der Waals surface area contributed by atoms with Gasteiger partial charge >= 0.3 is 0 Å². The van der Waals surface area contributed by atoms with Gasteiger partial charge in [0.05, 0.1) is 19.1 Å². The molecule has 2 aliphatic rings. The van der Waals surface area contributed by atoms with Crippen LogP contribution in [0.15, 0.2) is 52.5 Å². The molecular weight excluding hydrogens is 426 g/mol. The molecule has 0 bridgehead atoms. The molecule has 1 aliphatic heterocycles. The Morgan fingerprint density at radius 1 is 1.06 bits per heavy atom. The maximum atomic E-state index is 12.6. The van der Waals surface area contributed by atoms with Crippen molar-refractivity contribution >= 4 is 15.7 Å². The molecule has 172 valence electrons. The number of ether oxygens (including phenoxy) is 2. The molecule has 4 rings (SSSR count). The van der Waals surface area contributed by atoms with Gasteiger partial charge < -0.3 is 14.4 Å². The van der Waals surface area contributed by atoms with Crippen LogP contribution in [0.2, 0.25) is 0 Å². The van der Waals surface area contributed by atoms with E-state index in [9.17, 15) is 8.42 Å². The minimum absolute atomic E-state index is 0.0108. The van der Waals surface area contributed by atoms with Crippen molar-refractivity contribution in [1.82, 2.24) is 9.73 Å². The largest absolute Gasteiger partial charge is 0.493 e. The third-order valence-corrected chi connectivity index (χ3v) is 8.21. The Hall–Kier alpha value is -2.58. The summed E-state index contributed by atoms with van der Waals surface area (Å²) in [6, 6.07) is 13.2. The fourth-order valence-corrected chi connectivity index (χ4v) is 5.93. The highest BCUT2D eigenvalue weighted by Crippen LogP contribution is 2.49. The molecule has 1 heterocycles. The minimum Gasteiger partial charge on any atom is -0.493 e. The summed E-state index contributed by atoms with van der Waals surface area (Å²) in [5.41, 5.74) is 3.13. The zero-order chi connectivity index (χ0) is 22.9. The van der Waals surface area contributed by atoms with E-state index >= 15 is 0 Å². The number of sulfonamides is 1. The van der Waals surface area contributed by atoms with Crippen molar-refractivity contribution in [3.8, 4) is 11.5 Å². The van der Waals surface area contributed by atoms with E-state index in [1.165, 1.54) is 5.56 Å². The molecule has 2 fully saturated rings. The van der Waals surface area contributed by atoms with E-state index in [0.29, 0.717) is 0 Å². The molecule has 8 heteroatoms. The standard InChI is InChI=1S/C24H31N3O4S/c1-17-5-8-20(9-6-17)32(28,29)26-25-19-11-12-24(13-14-27(2)23(24)16-19)18-7-10-21(30-3)22(15-18)31-4/h5-10,15,23,26H,11-14,16H2,1-4H3/b25-19+/t23-,24-/m0/s1. The zero-order valence-corrected chi connectivity index (χ0v) is 19.9. The SMILES string of the molecule is COc1ccc([C@@]23CC/C(=N\NS(=O)(=O)c4ccc(C)cc4)C[C@@H]2N(C)CC3)cc1OC. The van der Waals surface area contributed by atoms with Gasteiger partial charge in [0.15, 0.2) is 11.5 Å². The van der Waals surface area contributed by atoms with Gasteiger partial charge in [-0.3, -0.25) is 0 Å². The van der Waals surface area contributed by atoms with Crippen molar-refractivity contribution in [2.24, 2.45) is 5.10 Å². The van der Waals surface area contributed by atoms with Gasteiger partial charge in [-0.25, -0.2) is 4.83 Å². The molecule has 32 heavy (non-hydrogen) atoms. The monoisotopic (exact) mass is 457 g/mol. The van der Waals surface area contributed by atoms with Gasteiger partial charge in [-0.1, -0.05) is 23.8 Å². The second-order valence-electron chi connectivity index (χ2n) is 8.76. The highest BCUT2D eigenvalue weighted by Gasteiger charge is 2.50. The number of fused-ring (bicyclic) bond motifs is 1. The van der Waals surface area contributed by atoms with Crippen molar-refractivity contribution in [3.63, 3.8) is 0 Å². The number of methoxy groups -OCH3 is 2. The van der Waals surface area contributed by atoms with E-state index in [4.69, 9.17) is 9.47 Å². The lowest BCUT2D eigenvalue weighted by atomic mass is 9.65. The molecule has 1 saturated carbocycles. The van der Waals surface area contributed by atoms with Gasteiger partial charge in [-0.05, 0) is 69.6 Å². The Bertz CT molecular complexity index is 1110. The topological polar surface area (TPSA) is 80.2 Å². The third kappa shape index (κ3) is 4.09. The van der Waals surface area contributed by atoms with Gasteiger partial charge in [0.1, 0.15) is 0 Å². The molecule has 1 saturated heterocycles. The van der Waals surface area contributed by atoms with E-state index in [2.05, 4.69) is 34.0 Å². The summed E-state index contributed by atoms with van der Waals surface area (Å²) in [7, 11) is 1.75. The molecule has 0 radical (unpaired) electrons. The Balaban J connectivity index is 1.57. The quantitative estimate of drug-likeness (QED) is 0.672. The molecule has 0 amide bonds. The van der Waals surface area contributed by atoms with Crippen molar-refractivity contribution in [3.05, 3.63) is 53.6 Å². The fraction of sp³-hybridized carbons (Fsp3) is 0.458. The van der Waals surface area contributed by atoms with Crippen molar-refractivity contribution < 1.29 is 17.9 Å². The van der Waals surface area contributed by atoms with Crippen molar-refractivity contribution in [1.29, 1.82) is 0 Å². The maximum Gasteiger partial charge on any atom is 0.276 e. The number of hydrogen-bond acceptors (Lipinski definition) is 6. The normalized spacial score (nSPS) is 24.9. The first kappa shape index (κ1) is 22.6. The van der Waals surface area contributed by atoms with Gasteiger partial charge in [0.2, 0.25) is 0 Å². The van der Waals surface area contributed by atoms with Crippen LogP contribution in [0.1, 0.15) is 36.8 Å². The average Bonchev–Trinajstić information content (AvgIpc) is 3.14. The molecule has 7 nitrogen and oxygen atoms in total. The number of hydrogen-bond donors (Lipinski definition) is 1. The first-order valence-electron chi connectivity index (χ1n) is 10.9. The first-order valence-corrected chi connectivity index (χ1v) is 12.3. The van der Waals surface area contributed by atoms with E-state index in [0.717, 1.165) is 55.0 Å². The Labute approximate surface area is 190 Å². The molecule has 0 aromatic heterocycles. The van der Waals surface area contributed by atoms with Crippen LogP contribution in [-0.4, -0.2) is 52.9 Å². The molecule has 0 unspecified atom stereocenters. The molecule has 1 N–H and O–H groups in total. The summed E-state index contributed by atoms with van der Waals surface area (Å²) in [6.07, 6.45) is 3.42. The summed E-state index contributed by atoms with van der Waals surface area (Å²) in [5.74, 6) is 1.46. The summed E-state index contributed by atoms with van der Waals surface area (Å²) < 4.78 is 36.2. The van der Waals surface area contributed by atoms with Crippen LogP contribution >= 0.6 is 0 Å². The smallest absolute Gasteiger partial charge is 0.276 e. The number of likely N-dealkylation sites (tertiary alicyclic amines) is 1. The van der Waals surface area contributed by atoms with E-state index in [1.54, 1.807) is 38.5 Å². The number of nitrogens with one attached hydrogen (secondary N) is 1. The van der Waals surface area contributed by atoms with Gasteiger partial charge in [-0.2, -0.15) is 13.5 Å². The summed E-state index contributed by atoms with van der Waals surface area (Å²) >= 11 is 0. The van der Waals surface area contributed by atoms with E-state index in [-0.39, 0.29) is 16.4 Å². The lowest BCUT2D eigenvalue weighted by Crippen LogP contribution is -2.46. The molecule has 0 spiro atoms. The molecule has 2 atom stereocenters. The summed E-state index contributed by atoms with van der Waals surface area (Å²) in [6.45, 7) is 2.91. The predicted octanol–water partition coefficient (Wildman–Crippen LogP) is 3.47. The van der Waals surface area contributed by atoms with Crippen LogP contribution in [0.3, 0.4) is 0 Å². The second kappa shape index (κ2) is 8.75. The number of likely N-dealkylation sites (N-methyl/N-ethyl adjacent to an activating group) is 1. The van der Waals surface area contributed by atoms with Crippen molar-refractivity contribution in [2.45, 2.75) is 49.0 Å². The van der Waals surface area contributed by atoms with Crippen molar-refractivity contribution in [2.75, 3.05) is 27.8 Å². The maximum absolute atomic E-state index is 12.6. The first-order chi connectivity index (χ1) is 15.3. The number of hydrazone groups is 1. The van der Waals surface area contributed by atoms with Crippen LogP contribution in [0, 0.1) is 6.92 Å². The van der Waals surface area contributed by atoms with Crippen LogP contribution in [0.25, 0.3) is 0 Å². The fourth-order valence-electron chi connectivity index (χ4n) is 5.08. The summed E-state index contributed by atoms with van der Waals surface area (Å²) in [5, 5.41) is 4.34. The lowest BCUT2D eigenvalue weighted by molar-refractivity contribution is 0.226. The van der Waals surface area contributed by atoms with Crippen LogP contribution in [0.4, 0.5) is 0 Å². The van der Waals surface area contributed by atoms with Crippen LogP contribution in [-0.2, 0) is 15.4 Å². The zero-order valence-electron chi connectivity index (χ0n) is 19.1. The number of benzene rings is 2. The minimum atomic E-state index is -3.68. The van der Waals surface area contributed by atoms with Gasteiger partial charge in [-0.15, -0.1) is 0 Å². The second-order valence-corrected chi connectivity index (χ2v) is 10.4. The molecule has 2 aromatic carbocycles. The average molecular weight is 458 g/mol. The van der Waals surface area contributed by atoms with Crippen LogP contribution < -0.4 is 14.3 Å². The predicted molar refractivity (Wildman–Crippen MR) is 125 cm³/mol. The third-order valence-electron chi connectivity index (χ3n) is 6.98. The lowest BCUT2D eigenvalue weighted by Gasteiger charge is -2.42. The molecular formula is C24H31N3O4S. The number of aryl methyl sites for hydroxylation is 1. The van der Waals surface area contributed by atoms with E-state index < -0.39 is 10.0 Å². The highest BCUT2D eigenvalue weighted by molar-refractivity contribution is 7.89. The van der Waals surface area contributed by atoms with E-state index in [1.807, 2.05) is 13.0 Å². The molecule has 2 aromatic rings. The van der Waals surface area contributed by atoms with Gasteiger partial charge in [0, 0.05) is 23.6 Å². The summed E-state index contributed by atoms with van der Waals surface area (Å²) in [4.78, 5) is 5.03. The Morgan fingerprint density at radius 3 is 2.47 bits per heavy atom. The Kier molecular flexibility index (Phi) is 6.18. The van der Waals surface area contributed by atoms with Gasteiger partial charge in [0.25, 0.3) is 10.0 Å². The Morgan fingerprint density at radius 2 is 1.78 bits per heavy atom. The number of rotatable bonds is 6. The molecule has 1 aliphatic carbocycles.